The Balaban J connectivity index is 2.02. The Morgan fingerprint density at radius 2 is 1.76 bits per heavy atom. The molecular weight excluding hydrogens is 279 g/mol. The van der Waals surface area contributed by atoms with Crippen molar-refractivity contribution in [3.05, 3.63) is 35.4 Å². The molecule has 1 aliphatic rings. The maximum atomic E-state index is 13.0. The first-order chi connectivity index (χ1) is 9.91. The van der Waals surface area contributed by atoms with E-state index >= 15 is 0 Å². The van der Waals surface area contributed by atoms with Crippen LogP contribution in [0.1, 0.15) is 36.8 Å². The van der Waals surface area contributed by atoms with Gasteiger partial charge in [0.2, 0.25) is 0 Å². The second kappa shape index (κ2) is 6.79. The maximum absolute atomic E-state index is 13.0. The van der Waals surface area contributed by atoms with Gasteiger partial charge in [0.25, 0.3) is 0 Å². The fraction of sp³-hybridized carbons (Fsp3) is 0.625. The fourth-order valence-corrected chi connectivity index (χ4v) is 3.10. The van der Waals surface area contributed by atoms with Crippen LogP contribution in [-0.4, -0.2) is 29.7 Å². The average Bonchev–Trinajstić information content (AvgIpc) is 2.47. The lowest BCUT2D eigenvalue weighted by atomic mass is 9.86. The normalized spacial score (nSPS) is 23.5. The van der Waals surface area contributed by atoms with Gasteiger partial charge in [-0.1, -0.05) is 18.2 Å². The van der Waals surface area contributed by atoms with Crippen LogP contribution in [0.4, 0.5) is 13.2 Å². The minimum absolute atomic E-state index is 0.216. The van der Waals surface area contributed by atoms with Crippen LogP contribution in [0.25, 0.3) is 0 Å². The molecule has 0 aromatic heterocycles. The van der Waals surface area contributed by atoms with E-state index in [0.29, 0.717) is 24.1 Å². The van der Waals surface area contributed by atoms with Crippen LogP contribution in [0.2, 0.25) is 0 Å². The summed E-state index contributed by atoms with van der Waals surface area (Å²) in [6.45, 7) is 0.525. The average molecular weight is 301 g/mol. The largest absolute Gasteiger partial charge is 0.416 e. The Kier molecular flexibility index (Phi) is 5.27. The molecule has 1 aromatic rings. The molecule has 0 radical (unpaired) electrons. The molecule has 0 bridgehead atoms. The van der Waals surface area contributed by atoms with Crippen LogP contribution < -0.4 is 0 Å². The highest BCUT2D eigenvalue weighted by molar-refractivity contribution is 5.29. The molecule has 0 spiro atoms. The van der Waals surface area contributed by atoms with Crippen LogP contribution >= 0.6 is 0 Å². The van der Waals surface area contributed by atoms with Crippen molar-refractivity contribution < 1.29 is 18.3 Å². The molecule has 1 aromatic carbocycles. The zero-order valence-electron chi connectivity index (χ0n) is 12.2. The van der Waals surface area contributed by atoms with Gasteiger partial charge in [-0.05, 0) is 50.3 Å². The first-order valence-electron chi connectivity index (χ1n) is 7.38. The quantitative estimate of drug-likeness (QED) is 0.917. The zero-order chi connectivity index (χ0) is 15.5. The van der Waals surface area contributed by atoms with Crippen molar-refractivity contribution >= 4 is 0 Å². The third kappa shape index (κ3) is 4.20. The minimum Gasteiger partial charge on any atom is -0.396 e. The number of alkyl halides is 3. The summed E-state index contributed by atoms with van der Waals surface area (Å²) in [4.78, 5) is 2.01. The molecule has 0 aliphatic heterocycles. The van der Waals surface area contributed by atoms with E-state index in [9.17, 15) is 13.2 Å². The fourth-order valence-electron chi connectivity index (χ4n) is 3.10. The molecule has 1 saturated carbocycles. The lowest BCUT2D eigenvalue weighted by Gasteiger charge is -2.34. The summed E-state index contributed by atoms with van der Waals surface area (Å²) in [6, 6.07) is 6.08. The van der Waals surface area contributed by atoms with Crippen LogP contribution in [0.5, 0.6) is 0 Å². The van der Waals surface area contributed by atoms with Crippen molar-refractivity contribution in [3.8, 4) is 0 Å². The topological polar surface area (TPSA) is 23.5 Å². The number of aliphatic hydroxyl groups is 1. The summed E-state index contributed by atoms with van der Waals surface area (Å²) in [7, 11) is 1.89. The molecule has 118 valence electrons. The van der Waals surface area contributed by atoms with Gasteiger partial charge >= 0.3 is 6.18 Å². The van der Waals surface area contributed by atoms with Crippen molar-refractivity contribution in [1.29, 1.82) is 0 Å². The van der Waals surface area contributed by atoms with E-state index in [1.165, 1.54) is 6.07 Å². The highest BCUT2D eigenvalue weighted by Gasteiger charge is 2.33. The third-order valence-corrected chi connectivity index (χ3v) is 4.44. The summed E-state index contributed by atoms with van der Waals surface area (Å²) < 4.78 is 39.0. The molecule has 0 saturated heterocycles. The van der Waals surface area contributed by atoms with E-state index in [0.717, 1.165) is 31.7 Å². The standard InChI is InChI=1S/C16H22F3NO/c1-20(14-8-6-12(11-21)7-9-14)10-13-4-2-3-5-15(13)16(17,18)19/h2-5,12,14,21H,6-11H2,1H3. The van der Waals surface area contributed by atoms with Gasteiger partial charge in [0.05, 0.1) is 5.56 Å². The summed E-state index contributed by atoms with van der Waals surface area (Å²) in [5, 5.41) is 9.14. The summed E-state index contributed by atoms with van der Waals surface area (Å²) in [5.74, 6) is 0.358. The number of rotatable bonds is 4. The molecule has 2 nitrogen and oxygen atoms in total. The van der Waals surface area contributed by atoms with Gasteiger partial charge in [0.15, 0.2) is 0 Å². The Morgan fingerprint density at radius 1 is 1.14 bits per heavy atom. The van der Waals surface area contributed by atoms with E-state index in [1.807, 2.05) is 11.9 Å². The Labute approximate surface area is 123 Å². The number of hydrogen-bond acceptors (Lipinski definition) is 2. The van der Waals surface area contributed by atoms with Crippen molar-refractivity contribution in [2.45, 2.75) is 44.4 Å². The molecule has 0 heterocycles. The second-order valence-electron chi connectivity index (χ2n) is 5.93. The number of nitrogens with zero attached hydrogens (tertiary/aromatic N) is 1. The van der Waals surface area contributed by atoms with Gasteiger partial charge in [-0.15, -0.1) is 0 Å². The smallest absolute Gasteiger partial charge is 0.396 e. The number of benzene rings is 1. The summed E-state index contributed by atoms with van der Waals surface area (Å²) in [5.41, 5.74) is -0.210. The second-order valence-corrected chi connectivity index (χ2v) is 5.93. The predicted octanol–water partition coefficient (Wildman–Crippen LogP) is 3.69. The zero-order valence-corrected chi connectivity index (χ0v) is 12.2. The first-order valence-corrected chi connectivity index (χ1v) is 7.38. The summed E-state index contributed by atoms with van der Waals surface area (Å²) in [6.07, 6.45) is -0.517. The van der Waals surface area contributed by atoms with E-state index < -0.39 is 11.7 Å². The van der Waals surface area contributed by atoms with Crippen LogP contribution in [-0.2, 0) is 12.7 Å². The molecule has 1 N–H and O–H groups in total. The van der Waals surface area contributed by atoms with Gasteiger partial charge < -0.3 is 5.11 Å². The molecule has 0 amide bonds. The van der Waals surface area contributed by atoms with Gasteiger partial charge in [0, 0.05) is 19.2 Å². The highest BCUT2D eigenvalue weighted by atomic mass is 19.4. The molecule has 0 unspecified atom stereocenters. The van der Waals surface area contributed by atoms with Crippen molar-refractivity contribution in [2.75, 3.05) is 13.7 Å². The van der Waals surface area contributed by atoms with E-state index in [4.69, 9.17) is 5.11 Å². The Morgan fingerprint density at radius 3 is 2.33 bits per heavy atom. The number of aliphatic hydroxyl groups excluding tert-OH is 1. The predicted molar refractivity (Wildman–Crippen MR) is 75.7 cm³/mol. The van der Waals surface area contributed by atoms with Gasteiger partial charge in [-0.3, -0.25) is 4.90 Å². The third-order valence-electron chi connectivity index (χ3n) is 4.44. The Bertz CT molecular complexity index is 453. The van der Waals surface area contributed by atoms with E-state index in [2.05, 4.69) is 0 Å². The SMILES string of the molecule is CN(Cc1ccccc1C(F)(F)F)C1CCC(CO)CC1. The molecule has 5 heteroatoms. The van der Waals surface area contributed by atoms with Crippen molar-refractivity contribution in [2.24, 2.45) is 5.92 Å². The van der Waals surface area contributed by atoms with Crippen molar-refractivity contribution in [1.82, 2.24) is 4.90 Å². The van der Waals surface area contributed by atoms with Crippen LogP contribution in [0.3, 0.4) is 0 Å². The molecule has 21 heavy (non-hydrogen) atoms. The van der Waals surface area contributed by atoms with E-state index in [-0.39, 0.29) is 6.61 Å². The molecule has 1 aliphatic carbocycles. The maximum Gasteiger partial charge on any atom is 0.416 e. The van der Waals surface area contributed by atoms with Gasteiger partial charge in [-0.25, -0.2) is 0 Å². The molecule has 1 fully saturated rings. The van der Waals surface area contributed by atoms with Crippen LogP contribution in [0.15, 0.2) is 24.3 Å². The lowest BCUT2D eigenvalue weighted by molar-refractivity contribution is -0.138. The summed E-state index contributed by atoms with van der Waals surface area (Å²) >= 11 is 0. The highest BCUT2D eigenvalue weighted by Crippen LogP contribution is 2.33. The Hall–Kier alpha value is -1.07. The molecule has 0 atom stereocenters. The molecule has 2 rings (SSSR count). The number of hydrogen-bond donors (Lipinski definition) is 1. The first kappa shape index (κ1) is 16.3. The number of halogens is 3. The van der Waals surface area contributed by atoms with E-state index in [1.54, 1.807) is 12.1 Å². The van der Waals surface area contributed by atoms with Gasteiger partial charge in [-0.2, -0.15) is 13.2 Å². The lowest BCUT2D eigenvalue weighted by Crippen LogP contribution is -2.35. The van der Waals surface area contributed by atoms with Crippen molar-refractivity contribution in [3.63, 3.8) is 0 Å². The monoisotopic (exact) mass is 301 g/mol. The molecular formula is C16H22F3NO. The van der Waals surface area contributed by atoms with Crippen LogP contribution in [0, 0.1) is 5.92 Å². The van der Waals surface area contributed by atoms with Gasteiger partial charge in [0.1, 0.15) is 0 Å². The minimum atomic E-state index is -4.30.